The molecule has 0 aromatic heterocycles. The van der Waals surface area contributed by atoms with Crippen LogP contribution in [0.2, 0.25) is 0 Å². The number of benzene rings is 2. The van der Waals surface area contributed by atoms with Crippen LogP contribution in [0.4, 0.5) is 0 Å². The fraction of sp³-hybridized carbons (Fsp3) is 0.0769. The number of rotatable bonds is 2. The van der Waals surface area contributed by atoms with E-state index in [4.69, 9.17) is 0 Å². The molecule has 0 nitrogen and oxygen atoms in total. The molecule has 2 aromatic carbocycles. The van der Waals surface area contributed by atoms with Crippen LogP contribution >= 0.6 is 0 Å². The zero-order valence-electron chi connectivity index (χ0n) is 8.35. The van der Waals surface area contributed by atoms with Gasteiger partial charge in [0.25, 0.3) is 0 Å². The molecule has 0 aliphatic rings. The van der Waals surface area contributed by atoms with E-state index in [2.05, 4.69) is 60.7 Å². The van der Waals surface area contributed by atoms with Gasteiger partial charge in [0.1, 0.15) is 0 Å². The Bertz CT molecular complexity index is 341. The van der Waals surface area contributed by atoms with Gasteiger partial charge in [0.05, 0.1) is 0 Å². The Morgan fingerprint density at radius 1 is 0.643 bits per heavy atom. The standard InChI is InChI=1S/C13H14Ge/c14-13(11-7-3-1-4-8-11)12-9-5-2-6-10-12/h1-10,13H,14H3. The van der Waals surface area contributed by atoms with Crippen LogP contribution in [0, 0.1) is 0 Å². The molecule has 0 atom stereocenters. The molecule has 0 radical (unpaired) electrons. The molecule has 0 N–H and O–H groups in total. The molecule has 70 valence electrons. The summed E-state index contributed by atoms with van der Waals surface area (Å²) in [6.07, 6.45) is 0. The molecule has 14 heavy (non-hydrogen) atoms. The first-order chi connectivity index (χ1) is 6.88. The fourth-order valence-corrected chi connectivity index (χ4v) is 3.29. The van der Waals surface area contributed by atoms with Crippen molar-refractivity contribution < 1.29 is 0 Å². The van der Waals surface area contributed by atoms with Gasteiger partial charge in [0.15, 0.2) is 0 Å². The van der Waals surface area contributed by atoms with Crippen LogP contribution in [-0.4, -0.2) is 16.5 Å². The van der Waals surface area contributed by atoms with E-state index in [-0.39, 0.29) is 0 Å². The Kier molecular flexibility index (Phi) is 3.04. The summed E-state index contributed by atoms with van der Waals surface area (Å²) in [7, 11) is 0. The maximum atomic E-state index is 2.23. The summed E-state index contributed by atoms with van der Waals surface area (Å²) < 4.78 is 0.671. The molecule has 0 aliphatic heterocycles. The van der Waals surface area contributed by atoms with E-state index < -0.39 is 0 Å². The quantitative estimate of drug-likeness (QED) is 0.708. The first kappa shape index (κ1) is 9.53. The molecule has 0 amide bonds. The minimum atomic E-state index is 0.671. The molecule has 2 aromatic rings. The summed E-state index contributed by atoms with van der Waals surface area (Å²) in [6.45, 7) is 0. The maximum absolute atomic E-state index is 2.23. The molecule has 0 heterocycles. The Morgan fingerprint density at radius 3 is 1.36 bits per heavy atom. The van der Waals surface area contributed by atoms with Gasteiger partial charge in [-0.3, -0.25) is 0 Å². The van der Waals surface area contributed by atoms with E-state index in [1.165, 1.54) is 11.1 Å². The Balaban J connectivity index is 2.30. The monoisotopic (exact) mass is 244 g/mol. The zero-order valence-corrected chi connectivity index (χ0v) is 12.5. The topological polar surface area (TPSA) is 0 Å². The van der Waals surface area contributed by atoms with E-state index in [0.29, 0.717) is 4.75 Å². The Hall–Kier alpha value is -1.02. The van der Waals surface area contributed by atoms with Crippen LogP contribution in [-0.2, 0) is 0 Å². The van der Waals surface area contributed by atoms with E-state index in [1.54, 1.807) is 0 Å². The second-order valence-corrected chi connectivity index (χ2v) is 5.97. The molecular weight excluding hydrogens is 229 g/mol. The van der Waals surface area contributed by atoms with Crippen molar-refractivity contribution in [2.45, 2.75) is 4.75 Å². The van der Waals surface area contributed by atoms with E-state index in [9.17, 15) is 0 Å². The first-order valence-electron chi connectivity index (χ1n) is 4.98. The normalized spacial score (nSPS) is 10.6. The van der Waals surface area contributed by atoms with Gasteiger partial charge in [0, 0.05) is 0 Å². The molecule has 1 heteroatoms. The first-order valence-corrected chi connectivity index (χ1v) is 7.40. The summed E-state index contributed by atoms with van der Waals surface area (Å²) in [5, 5.41) is 0. The second-order valence-electron chi connectivity index (χ2n) is 3.54. The summed E-state index contributed by atoms with van der Waals surface area (Å²) in [5.41, 5.74) is 2.91. The van der Waals surface area contributed by atoms with Crippen molar-refractivity contribution in [3.8, 4) is 0 Å². The molecule has 2 rings (SSSR count). The van der Waals surface area contributed by atoms with Crippen molar-refractivity contribution in [3.63, 3.8) is 0 Å². The van der Waals surface area contributed by atoms with E-state index in [0.717, 1.165) is 16.5 Å². The van der Waals surface area contributed by atoms with Gasteiger partial charge in [-0.25, -0.2) is 0 Å². The zero-order chi connectivity index (χ0) is 9.80. The third kappa shape index (κ3) is 2.07. The molecule has 0 unspecified atom stereocenters. The van der Waals surface area contributed by atoms with Crippen molar-refractivity contribution in [3.05, 3.63) is 71.8 Å². The van der Waals surface area contributed by atoms with Crippen molar-refractivity contribution in [1.29, 1.82) is 0 Å². The molecule has 0 saturated carbocycles. The predicted octanol–water partition coefficient (Wildman–Crippen LogP) is 2.14. The summed E-state index contributed by atoms with van der Waals surface area (Å²) >= 11 is 0.787. The Morgan fingerprint density at radius 2 is 1.00 bits per heavy atom. The van der Waals surface area contributed by atoms with Gasteiger partial charge in [0.2, 0.25) is 0 Å². The van der Waals surface area contributed by atoms with Crippen LogP contribution in [0.15, 0.2) is 60.7 Å². The average molecular weight is 243 g/mol. The third-order valence-electron chi connectivity index (χ3n) is 2.60. The molecule has 0 aliphatic carbocycles. The van der Waals surface area contributed by atoms with Crippen LogP contribution < -0.4 is 0 Å². The van der Waals surface area contributed by atoms with Gasteiger partial charge in [-0.2, -0.15) is 0 Å². The molecule has 0 fully saturated rings. The minimum absolute atomic E-state index is 0.671. The van der Waals surface area contributed by atoms with Crippen LogP contribution in [0.3, 0.4) is 0 Å². The molecular formula is C13H14Ge. The number of hydrogen-bond acceptors (Lipinski definition) is 0. The molecule has 0 bridgehead atoms. The van der Waals surface area contributed by atoms with Gasteiger partial charge < -0.3 is 0 Å². The van der Waals surface area contributed by atoms with Gasteiger partial charge in [-0.15, -0.1) is 0 Å². The van der Waals surface area contributed by atoms with Crippen molar-refractivity contribution in [1.82, 2.24) is 0 Å². The van der Waals surface area contributed by atoms with Gasteiger partial charge in [-0.1, -0.05) is 0 Å². The van der Waals surface area contributed by atoms with Crippen molar-refractivity contribution in [2.24, 2.45) is 0 Å². The predicted molar refractivity (Wildman–Crippen MR) is 64.7 cm³/mol. The summed E-state index contributed by atoms with van der Waals surface area (Å²) in [4.78, 5) is 0. The molecule has 0 spiro atoms. The van der Waals surface area contributed by atoms with Crippen molar-refractivity contribution in [2.75, 3.05) is 0 Å². The van der Waals surface area contributed by atoms with Crippen LogP contribution in [0.5, 0.6) is 0 Å². The van der Waals surface area contributed by atoms with Gasteiger partial charge in [-0.05, 0) is 0 Å². The average Bonchev–Trinajstić information content (AvgIpc) is 2.30. The van der Waals surface area contributed by atoms with Crippen LogP contribution in [0.25, 0.3) is 0 Å². The van der Waals surface area contributed by atoms with Crippen LogP contribution in [0.1, 0.15) is 15.9 Å². The van der Waals surface area contributed by atoms with E-state index in [1.807, 2.05) is 0 Å². The third-order valence-corrected chi connectivity index (χ3v) is 5.40. The summed E-state index contributed by atoms with van der Waals surface area (Å²) in [6, 6.07) is 21.5. The molecule has 0 saturated heterocycles. The van der Waals surface area contributed by atoms with Crippen molar-refractivity contribution >= 4 is 16.5 Å². The van der Waals surface area contributed by atoms with E-state index >= 15 is 0 Å². The summed E-state index contributed by atoms with van der Waals surface area (Å²) in [5.74, 6) is 0. The second kappa shape index (κ2) is 4.47. The fourth-order valence-electron chi connectivity index (χ4n) is 1.68. The SMILES string of the molecule is [GeH3][CH](c1ccccc1)c1ccccc1. The number of hydrogen-bond donors (Lipinski definition) is 0. The Labute approximate surface area is 93.2 Å². The van der Waals surface area contributed by atoms with Gasteiger partial charge >= 0.3 is 93.1 Å².